The van der Waals surface area contributed by atoms with E-state index in [0.717, 1.165) is 85.3 Å². The first kappa shape index (κ1) is 27.5. The number of aliphatic imine (C=N–C) groups is 1. The topological polar surface area (TPSA) is 90.4 Å². The van der Waals surface area contributed by atoms with Gasteiger partial charge >= 0.3 is 0 Å². The van der Waals surface area contributed by atoms with Gasteiger partial charge in [0.2, 0.25) is 5.82 Å². The van der Waals surface area contributed by atoms with Gasteiger partial charge in [0.15, 0.2) is 0 Å². The molecule has 0 unspecified atom stereocenters. The number of para-hydroxylation sites is 1. The van der Waals surface area contributed by atoms with Gasteiger partial charge in [0, 0.05) is 35.3 Å². The number of hydrogen-bond donors (Lipinski definition) is 1. The van der Waals surface area contributed by atoms with Crippen LogP contribution in [0.25, 0.3) is 22.5 Å². The SMILES string of the molecule is CCCCC1=NC2(CCCC2)C(=O)N1Cc1ccc(-c2cc(N3CC(C)(C)c4ccccc43)ccc2-c2nn[nH]n2)cc1. The minimum absolute atomic E-state index is 0.0497. The van der Waals surface area contributed by atoms with Crippen molar-refractivity contribution in [1.29, 1.82) is 0 Å². The number of hydrogen-bond acceptors (Lipinski definition) is 6. The molecular weight excluding hydrogens is 534 g/mol. The van der Waals surface area contributed by atoms with E-state index < -0.39 is 5.54 Å². The molecule has 8 nitrogen and oxygen atoms in total. The Balaban J connectivity index is 1.21. The van der Waals surface area contributed by atoms with Gasteiger partial charge < -0.3 is 4.90 Å². The maximum Gasteiger partial charge on any atom is 0.256 e. The standard InChI is InChI=1S/C35H39N7O/c1-4-5-12-31-36-35(19-8-9-20-35)33(43)41(31)22-24-13-15-25(16-14-24)28-21-26(17-18-27(28)32-37-39-40-38-32)42-23-34(2,3)29-10-6-7-11-30(29)42/h6-7,10-11,13-18,21H,4-5,8-9,12,19-20,22-23H2,1-3H3,(H,37,38,39,40). The molecule has 1 aliphatic carbocycles. The minimum Gasteiger partial charge on any atom is -0.340 e. The highest BCUT2D eigenvalue weighted by Gasteiger charge is 2.49. The number of H-pyrrole nitrogens is 1. The van der Waals surface area contributed by atoms with Crippen LogP contribution in [0.1, 0.15) is 76.8 Å². The van der Waals surface area contributed by atoms with Crippen LogP contribution in [-0.4, -0.2) is 49.4 Å². The molecule has 0 saturated heterocycles. The Hall–Kier alpha value is -4.33. The number of amidine groups is 1. The van der Waals surface area contributed by atoms with Gasteiger partial charge in [-0.2, -0.15) is 5.21 Å². The zero-order valence-electron chi connectivity index (χ0n) is 25.3. The van der Waals surface area contributed by atoms with Crippen LogP contribution in [0.15, 0.2) is 71.7 Å². The fourth-order valence-electron chi connectivity index (χ4n) is 7.16. The fraction of sp³-hybridized carbons (Fsp3) is 0.400. The number of tetrazole rings is 1. The fourth-order valence-corrected chi connectivity index (χ4v) is 7.16. The number of nitrogens with zero attached hydrogens (tertiary/aromatic N) is 6. The summed E-state index contributed by atoms with van der Waals surface area (Å²) in [6, 6.07) is 23.7. The predicted octanol–water partition coefficient (Wildman–Crippen LogP) is 7.21. The minimum atomic E-state index is -0.508. The molecule has 3 heterocycles. The van der Waals surface area contributed by atoms with Gasteiger partial charge in [0.25, 0.3) is 5.91 Å². The van der Waals surface area contributed by atoms with E-state index in [1.54, 1.807) is 0 Å². The van der Waals surface area contributed by atoms with E-state index in [1.807, 2.05) is 4.90 Å². The molecule has 3 aromatic carbocycles. The Morgan fingerprint density at radius 3 is 2.49 bits per heavy atom. The van der Waals surface area contributed by atoms with E-state index in [4.69, 9.17) is 4.99 Å². The van der Waals surface area contributed by atoms with Crippen molar-refractivity contribution in [2.24, 2.45) is 4.99 Å². The van der Waals surface area contributed by atoms with Crippen LogP contribution in [0.3, 0.4) is 0 Å². The van der Waals surface area contributed by atoms with Crippen LogP contribution in [0.5, 0.6) is 0 Å². The molecule has 1 spiro atoms. The quantitative estimate of drug-likeness (QED) is 0.241. The van der Waals surface area contributed by atoms with Crippen LogP contribution >= 0.6 is 0 Å². The Labute approximate surface area is 253 Å². The number of anilines is 2. The summed E-state index contributed by atoms with van der Waals surface area (Å²) in [4.78, 5) is 23.1. The summed E-state index contributed by atoms with van der Waals surface area (Å²) in [7, 11) is 0. The lowest BCUT2D eigenvalue weighted by Crippen LogP contribution is -2.40. The van der Waals surface area contributed by atoms with Gasteiger partial charge in [-0.15, -0.1) is 10.2 Å². The molecule has 43 heavy (non-hydrogen) atoms. The molecule has 1 aromatic heterocycles. The van der Waals surface area contributed by atoms with Crippen molar-refractivity contribution in [2.45, 2.75) is 83.2 Å². The molecule has 220 valence electrons. The highest BCUT2D eigenvalue weighted by atomic mass is 16.2. The molecule has 0 radical (unpaired) electrons. The van der Waals surface area contributed by atoms with Crippen molar-refractivity contribution < 1.29 is 4.79 Å². The Kier molecular flexibility index (Phi) is 6.87. The van der Waals surface area contributed by atoms with Crippen molar-refractivity contribution in [2.75, 3.05) is 11.4 Å². The lowest BCUT2D eigenvalue weighted by atomic mass is 9.87. The zero-order chi connectivity index (χ0) is 29.6. The van der Waals surface area contributed by atoms with Crippen LogP contribution in [-0.2, 0) is 16.8 Å². The van der Waals surface area contributed by atoms with Crippen LogP contribution < -0.4 is 4.90 Å². The van der Waals surface area contributed by atoms with Crippen LogP contribution in [0.4, 0.5) is 11.4 Å². The number of nitrogens with one attached hydrogen (secondary N) is 1. The van der Waals surface area contributed by atoms with Crippen molar-refractivity contribution in [3.63, 3.8) is 0 Å². The molecule has 1 fully saturated rings. The number of carbonyl (C=O) groups is 1. The third kappa shape index (κ3) is 4.82. The number of benzene rings is 3. The van der Waals surface area contributed by atoms with E-state index in [-0.39, 0.29) is 11.3 Å². The van der Waals surface area contributed by atoms with Crippen molar-refractivity contribution in [3.05, 3.63) is 77.9 Å². The number of aromatic amines is 1. The van der Waals surface area contributed by atoms with Gasteiger partial charge in [0.05, 0.1) is 6.54 Å². The number of unbranched alkanes of at least 4 members (excludes halogenated alkanes) is 1. The zero-order valence-corrected chi connectivity index (χ0v) is 25.3. The van der Waals surface area contributed by atoms with Gasteiger partial charge in [-0.3, -0.25) is 14.7 Å². The maximum absolute atomic E-state index is 13.7. The molecule has 4 aromatic rings. The summed E-state index contributed by atoms with van der Waals surface area (Å²) in [6.45, 7) is 8.25. The Bertz CT molecular complexity index is 1670. The highest BCUT2D eigenvalue weighted by Crippen LogP contribution is 2.46. The number of amides is 1. The normalized spacial score (nSPS) is 18.5. The van der Waals surface area contributed by atoms with Crippen molar-refractivity contribution >= 4 is 23.1 Å². The van der Waals surface area contributed by atoms with Crippen molar-refractivity contribution in [1.82, 2.24) is 25.5 Å². The van der Waals surface area contributed by atoms with Gasteiger partial charge in [-0.05, 0) is 71.0 Å². The van der Waals surface area contributed by atoms with Crippen molar-refractivity contribution in [3.8, 4) is 22.5 Å². The Morgan fingerprint density at radius 1 is 0.953 bits per heavy atom. The largest absolute Gasteiger partial charge is 0.340 e. The second-order valence-corrected chi connectivity index (χ2v) is 12.9. The average molecular weight is 574 g/mol. The molecule has 0 bridgehead atoms. The second-order valence-electron chi connectivity index (χ2n) is 12.9. The maximum atomic E-state index is 13.7. The first-order valence-electron chi connectivity index (χ1n) is 15.6. The first-order valence-corrected chi connectivity index (χ1v) is 15.6. The molecule has 1 N–H and O–H groups in total. The van der Waals surface area contributed by atoms with E-state index >= 15 is 0 Å². The summed E-state index contributed by atoms with van der Waals surface area (Å²) in [5, 5.41) is 15.0. The first-order chi connectivity index (χ1) is 20.9. The summed E-state index contributed by atoms with van der Waals surface area (Å²) >= 11 is 0. The molecule has 2 aliphatic heterocycles. The van der Waals surface area contributed by atoms with Gasteiger partial charge in [-0.25, -0.2) is 0 Å². The summed E-state index contributed by atoms with van der Waals surface area (Å²) < 4.78 is 0. The number of carbonyl (C=O) groups excluding carboxylic acids is 1. The smallest absolute Gasteiger partial charge is 0.256 e. The van der Waals surface area contributed by atoms with E-state index in [2.05, 4.69) is 113 Å². The number of aromatic nitrogens is 4. The second kappa shape index (κ2) is 10.7. The molecule has 8 heteroatoms. The molecule has 1 saturated carbocycles. The van der Waals surface area contributed by atoms with Gasteiger partial charge in [-0.1, -0.05) is 82.5 Å². The lowest BCUT2D eigenvalue weighted by molar-refractivity contribution is -0.131. The highest BCUT2D eigenvalue weighted by molar-refractivity contribution is 6.08. The number of rotatable bonds is 8. The van der Waals surface area contributed by atoms with Crippen LogP contribution in [0, 0.1) is 0 Å². The third-order valence-corrected chi connectivity index (χ3v) is 9.47. The lowest BCUT2D eigenvalue weighted by Gasteiger charge is -2.24. The predicted molar refractivity (Wildman–Crippen MR) is 170 cm³/mol. The summed E-state index contributed by atoms with van der Waals surface area (Å²) in [5.74, 6) is 1.73. The summed E-state index contributed by atoms with van der Waals surface area (Å²) in [6.07, 6.45) is 6.92. The molecule has 0 atom stereocenters. The summed E-state index contributed by atoms with van der Waals surface area (Å²) in [5.41, 5.74) is 7.41. The number of fused-ring (bicyclic) bond motifs is 1. The Morgan fingerprint density at radius 2 is 1.74 bits per heavy atom. The molecule has 3 aliphatic rings. The monoisotopic (exact) mass is 573 g/mol. The van der Waals surface area contributed by atoms with Crippen LogP contribution in [0.2, 0.25) is 0 Å². The van der Waals surface area contributed by atoms with E-state index in [1.165, 1.54) is 11.3 Å². The van der Waals surface area contributed by atoms with Gasteiger partial charge in [0.1, 0.15) is 11.4 Å². The van der Waals surface area contributed by atoms with E-state index in [9.17, 15) is 4.79 Å². The molecular formula is C35H39N7O. The molecule has 1 amide bonds. The third-order valence-electron chi connectivity index (χ3n) is 9.47. The molecule has 7 rings (SSSR count). The van der Waals surface area contributed by atoms with E-state index in [0.29, 0.717) is 12.4 Å². The average Bonchev–Trinajstić information content (AvgIpc) is 3.82.